The summed E-state index contributed by atoms with van der Waals surface area (Å²) in [6.07, 6.45) is 2.85. The number of aliphatic hydroxyl groups is 1. The summed E-state index contributed by atoms with van der Waals surface area (Å²) in [6, 6.07) is 7.70. The number of fused-ring (bicyclic) bond motifs is 3. The van der Waals surface area contributed by atoms with Crippen LogP contribution < -0.4 is 10.7 Å². The fraction of sp³-hybridized carbons (Fsp3) is 0.591. The predicted octanol–water partition coefficient (Wildman–Crippen LogP) is 3.15. The number of aromatic nitrogens is 2. The highest BCUT2D eigenvalue weighted by molar-refractivity contribution is 5.95. The Morgan fingerprint density at radius 1 is 1.38 bits per heavy atom. The number of aliphatic hydroxyl groups excluding tert-OH is 1. The molecule has 2 aromatic rings. The number of amides is 1. The molecule has 1 amide bonds. The SMILES string of the molecule is CC(O)CNc1nc2ccccc2n1CC(=O)N/N=C1/CC2CCC1(C)C2(C)C. The van der Waals surface area contributed by atoms with Gasteiger partial charge in [0.25, 0.3) is 5.91 Å². The Kier molecular flexibility index (Phi) is 4.89. The summed E-state index contributed by atoms with van der Waals surface area (Å²) in [5, 5.41) is 17.3. The standard InChI is InChI=1S/C22H31N5O2/c1-14(28)12-23-20-24-16-7-5-6-8-17(16)27(20)13-19(29)26-25-18-11-15-9-10-22(18,4)21(15,2)3/h5-8,14-15,28H,9-13H2,1-4H3,(H,23,24)(H,26,29)/b25-18-. The number of carbonyl (C=O) groups is 1. The number of imidazole rings is 1. The van der Waals surface area contributed by atoms with Gasteiger partial charge in [0.1, 0.15) is 6.54 Å². The number of hydrogen-bond donors (Lipinski definition) is 3. The van der Waals surface area contributed by atoms with E-state index in [4.69, 9.17) is 0 Å². The minimum Gasteiger partial charge on any atom is -0.392 e. The summed E-state index contributed by atoms with van der Waals surface area (Å²) >= 11 is 0. The molecule has 1 aromatic carbocycles. The zero-order valence-electron chi connectivity index (χ0n) is 17.7. The van der Waals surface area contributed by atoms with Crippen LogP contribution in [-0.2, 0) is 11.3 Å². The minimum absolute atomic E-state index is 0.0661. The molecule has 2 aliphatic carbocycles. The molecular formula is C22H31N5O2. The Morgan fingerprint density at radius 2 is 2.14 bits per heavy atom. The van der Waals surface area contributed by atoms with E-state index in [9.17, 15) is 9.90 Å². The highest BCUT2D eigenvalue weighted by atomic mass is 16.3. The quantitative estimate of drug-likeness (QED) is 0.653. The van der Waals surface area contributed by atoms with Crippen LogP contribution in [0.4, 0.5) is 5.95 Å². The summed E-state index contributed by atoms with van der Waals surface area (Å²) in [7, 11) is 0. The fourth-order valence-electron chi connectivity index (χ4n) is 5.02. The molecule has 156 valence electrons. The van der Waals surface area contributed by atoms with Crippen molar-refractivity contribution >= 4 is 28.6 Å². The molecule has 2 aliphatic rings. The van der Waals surface area contributed by atoms with Crippen LogP contribution in [0, 0.1) is 16.7 Å². The second kappa shape index (κ2) is 7.13. The van der Waals surface area contributed by atoms with Gasteiger partial charge in [-0.25, -0.2) is 10.4 Å². The zero-order valence-corrected chi connectivity index (χ0v) is 17.7. The molecule has 4 rings (SSSR count). The molecule has 1 heterocycles. The molecule has 7 heteroatoms. The van der Waals surface area contributed by atoms with Crippen molar-refractivity contribution in [3.8, 4) is 0 Å². The second-order valence-electron chi connectivity index (χ2n) is 9.33. The third kappa shape index (κ3) is 3.31. The van der Waals surface area contributed by atoms with Crippen LogP contribution in [0.5, 0.6) is 0 Å². The van der Waals surface area contributed by atoms with Gasteiger partial charge in [-0.1, -0.05) is 32.9 Å². The van der Waals surface area contributed by atoms with Gasteiger partial charge in [-0.3, -0.25) is 4.79 Å². The smallest absolute Gasteiger partial charge is 0.260 e. The van der Waals surface area contributed by atoms with Gasteiger partial charge < -0.3 is 15.0 Å². The van der Waals surface area contributed by atoms with Gasteiger partial charge in [-0.2, -0.15) is 5.10 Å². The summed E-state index contributed by atoms with van der Waals surface area (Å²) in [5.74, 6) is 1.05. The average molecular weight is 398 g/mol. The first-order valence-corrected chi connectivity index (χ1v) is 10.5. The maximum absolute atomic E-state index is 12.7. The molecule has 3 unspecified atom stereocenters. The number of carbonyl (C=O) groups excluding carboxylic acids is 1. The van der Waals surface area contributed by atoms with Crippen molar-refractivity contribution < 1.29 is 9.90 Å². The van der Waals surface area contributed by atoms with Crippen LogP contribution in [0.1, 0.15) is 47.0 Å². The number of nitrogens with one attached hydrogen (secondary N) is 2. The van der Waals surface area contributed by atoms with E-state index >= 15 is 0 Å². The number of para-hydroxylation sites is 2. The third-order valence-corrected chi connectivity index (χ3v) is 7.34. The van der Waals surface area contributed by atoms with Gasteiger partial charge >= 0.3 is 0 Å². The summed E-state index contributed by atoms with van der Waals surface area (Å²) < 4.78 is 1.83. The lowest BCUT2D eigenvalue weighted by Gasteiger charge is -2.34. The van der Waals surface area contributed by atoms with Crippen molar-refractivity contribution in [2.75, 3.05) is 11.9 Å². The fourth-order valence-corrected chi connectivity index (χ4v) is 5.02. The molecule has 2 bridgehead atoms. The van der Waals surface area contributed by atoms with Crippen LogP contribution in [0.15, 0.2) is 29.4 Å². The van der Waals surface area contributed by atoms with E-state index in [1.807, 2.05) is 28.8 Å². The van der Waals surface area contributed by atoms with E-state index in [2.05, 4.69) is 41.6 Å². The zero-order chi connectivity index (χ0) is 20.8. The van der Waals surface area contributed by atoms with E-state index in [-0.39, 0.29) is 23.3 Å². The maximum Gasteiger partial charge on any atom is 0.260 e. The first-order valence-electron chi connectivity index (χ1n) is 10.5. The first-order chi connectivity index (χ1) is 13.7. The monoisotopic (exact) mass is 397 g/mol. The molecule has 0 spiro atoms. The number of benzene rings is 1. The van der Waals surface area contributed by atoms with E-state index in [1.54, 1.807) is 6.92 Å². The maximum atomic E-state index is 12.7. The first kappa shape index (κ1) is 19.9. The van der Waals surface area contributed by atoms with Crippen LogP contribution in [0.2, 0.25) is 0 Å². The topological polar surface area (TPSA) is 91.5 Å². The Bertz CT molecular complexity index is 961. The number of rotatable bonds is 6. The molecular weight excluding hydrogens is 366 g/mol. The van der Waals surface area contributed by atoms with Gasteiger partial charge in [0, 0.05) is 17.7 Å². The van der Waals surface area contributed by atoms with Gasteiger partial charge in [0.15, 0.2) is 0 Å². The van der Waals surface area contributed by atoms with E-state index in [0.717, 1.165) is 29.6 Å². The molecule has 0 radical (unpaired) electrons. The lowest BCUT2D eigenvalue weighted by molar-refractivity contribution is -0.121. The molecule has 0 saturated heterocycles. The minimum atomic E-state index is -0.509. The molecule has 2 saturated carbocycles. The van der Waals surface area contributed by atoms with E-state index in [0.29, 0.717) is 18.4 Å². The van der Waals surface area contributed by atoms with E-state index < -0.39 is 6.10 Å². The van der Waals surface area contributed by atoms with Crippen molar-refractivity contribution in [1.29, 1.82) is 0 Å². The summed E-state index contributed by atoms with van der Waals surface area (Å²) in [5.41, 5.74) is 5.89. The molecule has 1 aromatic heterocycles. The Morgan fingerprint density at radius 3 is 2.79 bits per heavy atom. The molecule has 3 N–H and O–H groups in total. The lowest BCUT2D eigenvalue weighted by atomic mass is 9.70. The normalized spacial score (nSPS) is 27.5. The largest absolute Gasteiger partial charge is 0.392 e. The van der Waals surface area contributed by atoms with Crippen molar-refractivity contribution in [1.82, 2.24) is 15.0 Å². The van der Waals surface area contributed by atoms with Crippen molar-refractivity contribution in [3.05, 3.63) is 24.3 Å². The molecule has 0 aliphatic heterocycles. The molecule has 3 atom stereocenters. The third-order valence-electron chi connectivity index (χ3n) is 7.34. The average Bonchev–Trinajstić information content (AvgIpc) is 3.20. The van der Waals surface area contributed by atoms with Gasteiger partial charge in [-0.15, -0.1) is 0 Å². The van der Waals surface area contributed by atoms with E-state index in [1.165, 1.54) is 6.42 Å². The van der Waals surface area contributed by atoms with Crippen molar-refractivity contribution in [2.24, 2.45) is 21.8 Å². The molecule has 2 fully saturated rings. The summed E-state index contributed by atoms with van der Waals surface area (Å²) in [6.45, 7) is 9.12. The Labute approximate surface area is 171 Å². The molecule has 7 nitrogen and oxygen atoms in total. The highest BCUT2D eigenvalue weighted by Crippen LogP contribution is 2.63. The van der Waals surface area contributed by atoms with Crippen LogP contribution in [0.25, 0.3) is 11.0 Å². The van der Waals surface area contributed by atoms with Crippen LogP contribution in [0.3, 0.4) is 0 Å². The van der Waals surface area contributed by atoms with Crippen LogP contribution >= 0.6 is 0 Å². The van der Waals surface area contributed by atoms with Crippen molar-refractivity contribution in [3.63, 3.8) is 0 Å². The number of nitrogens with zero attached hydrogens (tertiary/aromatic N) is 3. The number of anilines is 1. The van der Waals surface area contributed by atoms with Gasteiger partial charge in [0.2, 0.25) is 5.95 Å². The Balaban J connectivity index is 1.52. The van der Waals surface area contributed by atoms with Gasteiger partial charge in [0.05, 0.1) is 17.1 Å². The number of hydrazone groups is 1. The Hall–Kier alpha value is -2.41. The summed E-state index contributed by atoms with van der Waals surface area (Å²) in [4.78, 5) is 17.3. The van der Waals surface area contributed by atoms with Crippen molar-refractivity contribution in [2.45, 2.75) is 59.6 Å². The molecule has 29 heavy (non-hydrogen) atoms. The lowest BCUT2D eigenvalue weighted by Crippen LogP contribution is -2.34. The number of hydrogen-bond acceptors (Lipinski definition) is 5. The second-order valence-corrected chi connectivity index (χ2v) is 9.33. The predicted molar refractivity (Wildman–Crippen MR) is 115 cm³/mol. The van der Waals surface area contributed by atoms with Crippen LogP contribution in [-0.4, -0.2) is 38.9 Å². The van der Waals surface area contributed by atoms with Gasteiger partial charge in [-0.05, 0) is 49.7 Å². The highest BCUT2D eigenvalue weighted by Gasteiger charge is 2.60.